The molecule has 1 aromatic heterocycles. The molecular weight excluding hydrogens is 360 g/mol. The highest BCUT2D eigenvalue weighted by Gasteiger charge is 2.16. The summed E-state index contributed by atoms with van der Waals surface area (Å²) in [6, 6.07) is 17.9. The molecule has 0 saturated heterocycles. The van der Waals surface area contributed by atoms with Gasteiger partial charge >= 0.3 is 0 Å². The van der Waals surface area contributed by atoms with E-state index < -0.39 is 4.92 Å². The van der Waals surface area contributed by atoms with Crippen molar-refractivity contribution in [2.24, 2.45) is 0 Å². The number of nitro groups is 1. The fraction of sp³-hybridized carbons (Fsp3) is 0.0952. The van der Waals surface area contributed by atoms with Crippen LogP contribution in [0.4, 0.5) is 5.69 Å². The molecule has 3 aromatic rings. The van der Waals surface area contributed by atoms with Gasteiger partial charge in [0.2, 0.25) is 5.91 Å². The third-order valence-corrected chi connectivity index (χ3v) is 4.97. The van der Waals surface area contributed by atoms with E-state index in [1.165, 1.54) is 18.2 Å². The van der Waals surface area contributed by atoms with Crippen LogP contribution in [-0.4, -0.2) is 10.8 Å². The van der Waals surface area contributed by atoms with Gasteiger partial charge in [-0.3, -0.25) is 14.9 Å². The quantitative estimate of drug-likeness (QED) is 0.377. The third-order valence-electron chi connectivity index (χ3n) is 4.03. The summed E-state index contributed by atoms with van der Waals surface area (Å²) >= 11 is 1.58. The summed E-state index contributed by atoms with van der Waals surface area (Å²) in [5, 5.41) is 15.8. The molecule has 0 bridgehead atoms. The van der Waals surface area contributed by atoms with Crippen LogP contribution < -0.4 is 5.32 Å². The molecule has 0 radical (unpaired) electrons. The number of non-ortho nitro benzene ring substituents is 1. The molecular formula is C21H18N2O3S. The van der Waals surface area contributed by atoms with E-state index in [0.717, 1.165) is 16.0 Å². The van der Waals surface area contributed by atoms with Crippen LogP contribution in [-0.2, 0) is 4.79 Å². The zero-order valence-corrected chi connectivity index (χ0v) is 15.5. The fourth-order valence-corrected chi connectivity index (χ4v) is 3.44. The molecule has 1 amide bonds. The van der Waals surface area contributed by atoms with Crippen molar-refractivity contribution >= 4 is 29.0 Å². The van der Waals surface area contributed by atoms with Crippen LogP contribution in [0.2, 0.25) is 0 Å². The molecule has 3 rings (SSSR count). The zero-order chi connectivity index (χ0) is 19.2. The molecule has 0 spiro atoms. The third kappa shape index (κ3) is 4.89. The Kier molecular flexibility index (Phi) is 5.78. The van der Waals surface area contributed by atoms with E-state index in [0.29, 0.717) is 5.56 Å². The van der Waals surface area contributed by atoms with Crippen LogP contribution in [0.1, 0.15) is 27.6 Å². The topological polar surface area (TPSA) is 72.2 Å². The average Bonchev–Trinajstić information content (AvgIpc) is 3.20. The number of rotatable bonds is 6. The summed E-state index contributed by atoms with van der Waals surface area (Å²) in [5.41, 5.74) is 2.75. The smallest absolute Gasteiger partial charge is 0.270 e. The van der Waals surface area contributed by atoms with E-state index in [-0.39, 0.29) is 17.6 Å². The maximum absolute atomic E-state index is 12.5. The lowest BCUT2D eigenvalue weighted by atomic mass is 10.0. The van der Waals surface area contributed by atoms with Gasteiger partial charge in [-0.25, -0.2) is 0 Å². The van der Waals surface area contributed by atoms with Gasteiger partial charge in [-0.2, -0.15) is 0 Å². The molecule has 1 N–H and O–H groups in total. The average molecular weight is 378 g/mol. The number of benzene rings is 2. The molecule has 27 heavy (non-hydrogen) atoms. The maximum Gasteiger partial charge on any atom is 0.270 e. The molecule has 2 aromatic carbocycles. The minimum Gasteiger partial charge on any atom is -0.341 e. The fourth-order valence-electron chi connectivity index (χ4n) is 2.64. The molecule has 6 heteroatoms. The number of aryl methyl sites for hydroxylation is 1. The summed E-state index contributed by atoms with van der Waals surface area (Å²) in [4.78, 5) is 23.9. The molecule has 0 aliphatic rings. The second kappa shape index (κ2) is 8.42. The first-order chi connectivity index (χ1) is 13.0. The molecule has 0 saturated carbocycles. The number of thiophene rings is 1. The van der Waals surface area contributed by atoms with E-state index >= 15 is 0 Å². The predicted octanol–water partition coefficient (Wildman–Crippen LogP) is 4.88. The van der Waals surface area contributed by atoms with Crippen molar-refractivity contribution in [3.05, 3.63) is 104 Å². The molecule has 0 fully saturated rings. The minimum atomic E-state index is -0.457. The van der Waals surface area contributed by atoms with Crippen molar-refractivity contribution in [2.45, 2.75) is 13.0 Å². The first kappa shape index (κ1) is 18.5. The summed E-state index contributed by atoms with van der Waals surface area (Å²) in [6.45, 7) is 2.02. The molecule has 1 heterocycles. The number of carbonyl (C=O) groups is 1. The SMILES string of the molecule is Cc1ccc([C@@H](NC(=O)/C=C/c2cccc([N+](=O)[O-])c2)c2cccs2)cc1. The monoisotopic (exact) mass is 378 g/mol. The summed E-state index contributed by atoms with van der Waals surface area (Å²) in [5.74, 6) is -0.263. The Balaban J connectivity index is 1.78. The van der Waals surface area contributed by atoms with Crippen LogP contribution in [0.3, 0.4) is 0 Å². The van der Waals surface area contributed by atoms with Gasteiger partial charge in [0.15, 0.2) is 0 Å². The van der Waals surface area contributed by atoms with E-state index in [1.54, 1.807) is 29.5 Å². The lowest BCUT2D eigenvalue weighted by Gasteiger charge is -2.17. The molecule has 0 aliphatic carbocycles. The Hall–Kier alpha value is -3.25. The van der Waals surface area contributed by atoms with Gasteiger partial charge in [-0.1, -0.05) is 48.0 Å². The Morgan fingerprint density at radius 2 is 1.93 bits per heavy atom. The maximum atomic E-state index is 12.5. The Bertz CT molecular complexity index is 963. The summed E-state index contributed by atoms with van der Waals surface area (Å²) < 4.78 is 0. The lowest BCUT2D eigenvalue weighted by molar-refractivity contribution is -0.384. The van der Waals surface area contributed by atoms with Crippen molar-refractivity contribution < 1.29 is 9.72 Å². The molecule has 136 valence electrons. The van der Waals surface area contributed by atoms with Crippen LogP contribution in [0.15, 0.2) is 72.1 Å². The highest BCUT2D eigenvalue weighted by Crippen LogP contribution is 2.26. The first-order valence-electron chi connectivity index (χ1n) is 8.36. The van der Waals surface area contributed by atoms with Crippen LogP contribution in [0.25, 0.3) is 6.08 Å². The lowest BCUT2D eigenvalue weighted by Crippen LogP contribution is -2.27. The van der Waals surface area contributed by atoms with Crippen LogP contribution >= 0.6 is 11.3 Å². The van der Waals surface area contributed by atoms with Gasteiger partial charge in [-0.05, 0) is 35.6 Å². The number of amides is 1. The van der Waals surface area contributed by atoms with Gasteiger partial charge in [-0.15, -0.1) is 11.3 Å². The largest absolute Gasteiger partial charge is 0.341 e. The first-order valence-corrected chi connectivity index (χ1v) is 9.24. The highest BCUT2D eigenvalue weighted by molar-refractivity contribution is 7.10. The van der Waals surface area contributed by atoms with Crippen molar-refractivity contribution in [1.82, 2.24) is 5.32 Å². The van der Waals surface area contributed by atoms with E-state index in [4.69, 9.17) is 0 Å². The van der Waals surface area contributed by atoms with E-state index in [1.807, 2.05) is 48.7 Å². The van der Waals surface area contributed by atoms with E-state index in [2.05, 4.69) is 5.32 Å². The number of hydrogen-bond donors (Lipinski definition) is 1. The molecule has 0 unspecified atom stereocenters. The van der Waals surface area contributed by atoms with Crippen molar-refractivity contribution in [1.29, 1.82) is 0 Å². The zero-order valence-electron chi connectivity index (χ0n) is 14.7. The van der Waals surface area contributed by atoms with Gasteiger partial charge in [0, 0.05) is 23.1 Å². The Morgan fingerprint density at radius 3 is 2.59 bits per heavy atom. The van der Waals surface area contributed by atoms with Gasteiger partial charge < -0.3 is 5.32 Å². The molecule has 1 atom stereocenters. The van der Waals surface area contributed by atoms with Gasteiger partial charge in [0.25, 0.3) is 5.69 Å². The standard InChI is InChI=1S/C21H18N2O3S/c1-15-7-10-17(11-8-15)21(19-6-3-13-27-19)22-20(24)12-9-16-4-2-5-18(14-16)23(25)26/h2-14,21H,1H3,(H,22,24)/b12-9+/t21-/m1/s1. The normalized spacial score (nSPS) is 12.0. The second-order valence-corrected chi connectivity index (χ2v) is 7.03. The molecule has 5 nitrogen and oxygen atoms in total. The van der Waals surface area contributed by atoms with Crippen LogP contribution in [0, 0.1) is 17.0 Å². The van der Waals surface area contributed by atoms with Gasteiger partial charge in [0.1, 0.15) is 0 Å². The predicted molar refractivity (Wildman–Crippen MR) is 108 cm³/mol. The highest BCUT2D eigenvalue weighted by atomic mass is 32.1. The second-order valence-electron chi connectivity index (χ2n) is 6.05. The van der Waals surface area contributed by atoms with E-state index in [9.17, 15) is 14.9 Å². The molecule has 0 aliphatic heterocycles. The van der Waals surface area contributed by atoms with Crippen molar-refractivity contribution in [3.8, 4) is 0 Å². The summed E-state index contributed by atoms with van der Waals surface area (Å²) in [6.07, 6.45) is 2.97. The number of carbonyl (C=O) groups excluding carboxylic acids is 1. The van der Waals surface area contributed by atoms with Gasteiger partial charge in [0.05, 0.1) is 11.0 Å². The van der Waals surface area contributed by atoms with Crippen molar-refractivity contribution in [3.63, 3.8) is 0 Å². The number of hydrogen-bond acceptors (Lipinski definition) is 4. The Labute approximate surface area is 161 Å². The van der Waals surface area contributed by atoms with Crippen LogP contribution in [0.5, 0.6) is 0 Å². The summed E-state index contributed by atoms with van der Waals surface area (Å²) in [7, 11) is 0. The number of nitrogens with one attached hydrogen (secondary N) is 1. The number of nitrogens with zero attached hydrogens (tertiary/aromatic N) is 1. The van der Waals surface area contributed by atoms with Crippen molar-refractivity contribution in [2.75, 3.05) is 0 Å². The Morgan fingerprint density at radius 1 is 1.15 bits per heavy atom. The minimum absolute atomic E-state index is 0.00586. The number of nitro benzene ring substituents is 1.